The Kier molecular flexibility index (Phi) is 3.19. The largest absolute Gasteiger partial charge is 0.478 e. The molecule has 100 valence electrons. The zero-order chi connectivity index (χ0) is 14.3. The van der Waals surface area contributed by atoms with Gasteiger partial charge in [-0.15, -0.1) is 0 Å². The van der Waals surface area contributed by atoms with Gasteiger partial charge in [0.25, 0.3) is 0 Å². The lowest BCUT2D eigenvalue weighted by Crippen LogP contribution is -1.96. The summed E-state index contributed by atoms with van der Waals surface area (Å²) in [5.41, 5.74) is 1.84. The number of aromatic carboxylic acids is 1. The molecule has 0 bridgehead atoms. The van der Waals surface area contributed by atoms with Crippen LogP contribution in [0.25, 0.3) is 22.6 Å². The third-order valence-corrected chi connectivity index (χ3v) is 3.58. The highest BCUT2D eigenvalue weighted by Gasteiger charge is 2.12. The van der Waals surface area contributed by atoms with Crippen LogP contribution in [0.2, 0.25) is 5.02 Å². The van der Waals surface area contributed by atoms with Crippen LogP contribution in [0.15, 0.2) is 34.9 Å². The van der Waals surface area contributed by atoms with Crippen LogP contribution in [-0.4, -0.2) is 26.0 Å². The van der Waals surface area contributed by atoms with Gasteiger partial charge in [0, 0.05) is 16.2 Å². The zero-order valence-electron chi connectivity index (χ0n) is 9.89. The summed E-state index contributed by atoms with van der Waals surface area (Å²) in [7, 11) is 0. The molecule has 0 unspecified atom stereocenters. The number of hydrogen-bond acceptors (Lipinski definition) is 3. The number of carbonyl (C=O) groups is 1. The molecule has 0 atom stereocenters. The zero-order valence-corrected chi connectivity index (χ0v) is 12.2. The minimum Gasteiger partial charge on any atom is -0.478 e. The number of hydrogen-bond donors (Lipinski definition) is 2. The van der Waals surface area contributed by atoms with Crippen LogP contribution >= 0.6 is 27.5 Å². The molecule has 0 radical (unpaired) electrons. The molecule has 3 aromatic rings. The number of aromatic amines is 1. The number of aromatic nitrogens is 3. The molecule has 5 nitrogen and oxygen atoms in total. The fourth-order valence-electron chi connectivity index (χ4n) is 1.83. The number of rotatable bonds is 2. The molecule has 2 N–H and O–H groups in total. The van der Waals surface area contributed by atoms with Gasteiger partial charge >= 0.3 is 5.97 Å². The molecular formula is C13H7BrClN3O2. The Hall–Kier alpha value is -1.92. The van der Waals surface area contributed by atoms with Gasteiger partial charge in [0.05, 0.1) is 16.1 Å². The number of pyridine rings is 1. The summed E-state index contributed by atoms with van der Waals surface area (Å²) >= 11 is 9.51. The first-order chi connectivity index (χ1) is 9.54. The molecule has 20 heavy (non-hydrogen) atoms. The van der Waals surface area contributed by atoms with Crippen molar-refractivity contribution in [2.45, 2.75) is 0 Å². The quantitative estimate of drug-likeness (QED) is 0.736. The van der Waals surface area contributed by atoms with Gasteiger partial charge in [-0.2, -0.15) is 0 Å². The highest BCUT2D eigenvalue weighted by Crippen LogP contribution is 2.29. The van der Waals surface area contributed by atoms with Gasteiger partial charge in [0.15, 0.2) is 5.65 Å². The standard InChI is InChI=1S/C13H7BrClN3O2/c14-7-1-2-8(9(15)4-7)11-17-10-3-6(13(19)20)5-16-12(10)18-11/h1-5H,(H,19,20)(H,16,17,18). The van der Waals surface area contributed by atoms with Gasteiger partial charge < -0.3 is 10.1 Å². The lowest BCUT2D eigenvalue weighted by atomic mass is 10.2. The van der Waals surface area contributed by atoms with E-state index in [0.717, 1.165) is 10.0 Å². The van der Waals surface area contributed by atoms with Crippen molar-refractivity contribution in [2.24, 2.45) is 0 Å². The molecule has 3 rings (SSSR count). The van der Waals surface area contributed by atoms with Crippen LogP contribution in [0.4, 0.5) is 0 Å². The van der Waals surface area contributed by atoms with Gasteiger partial charge in [0.2, 0.25) is 0 Å². The van der Waals surface area contributed by atoms with Crippen molar-refractivity contribution >= 4 is 44.7 Å². The Labute approximate surface area is 126 Å². The summed E-state index contributed by atoms with van der Waals surface area (Å²) in [6.45, 7) is 0. The number of carboxylic acids is 1. The molecule has 0 aliphatic rings. The van der Waals surface area contributed by atoms with E-state index in [2.05, 4.69) is 30.9 Å². The number of nitrogens with zero attached hydrogens (tertiary/aromatic N) is 2. The molecule has 2 aromatic heterocycles. The molecule has 0 saturated heterocycles. The van der Waals surface area contributed by atoms with Crippen molar-refractivity contribution in [3.05, 3.63) is 45.5 Å². The number of H-pyrrole nitrogens is 1. The maximum absolute atomic E-state index is 10.9. The van der Waals surface area contributed by atoms with Crippen LogP contribution < -0.4 is 0 Å². The van der Waals surface area contributed by atoms with Gasteiger partial charge in [-0.1, -0.05) is 27.5 Å². The van der Waals surface area contributed by atoms with E-state index in [1.165, 1.54) is 12.3 Å². The van der Waals surface area contributed by atoms with Gasteiger partial charge in [-0.3, -0.25) is 0 Å². The molecule has 0 spiro atoms. The van der Waals surface area contributed by atoms with Crippen molar-refractivity contribution in [3.8, 4) is 11.4 Å². The van der Waals surface area contributed by atoms with E-state index in [-0.39, 0.29) is 5.56 Å². The predicted molar refractivity (Wildman–Crippen MR) is 79.0 cm³/mol. The van der Waals surface area contributed by atoms with Crippen LogP contribution in [0, 0.1) is 0 Å². The lowest BCUT2D eigenvalue weighted by Gasteiger charge is -2.00. The van der Waals surface area contributed by atoms with E-state index >= 15 is 0 Å². The van der Waals surface area contributed by atoms with Crippen molar-refractivity contribution < 1.29 is 9.90 Å². The molecule has 1 aromatic carbocycles. The van der Waals surface area contributed by atoms with Crippen LogP contribution in [-0.2, 0) is 0 Å². The molecular weight excluding hydrogens is 346 g/mol. The average molecular weight is 353 g/mol. The first-order valence-electron chi connectivity index (χ1n) is 5.59. The van der Waals surface area contributed by atoms with E-state index in [1.807, 2.05) is 12.1 Å². The molecule has 0 aliphatic heterocycles. The van der Waals surface area contributed by atoms with Crippen LogP contribution in [0.3, 0.4) is 0 Å². The summed E-state index contributed by atoms with van der Waals surface area (Å²) in [5.74, 6) is -0.482. The Morgan fingerprint density at radius 2 is 2.15 bits per heavy atom. The number of nitrogens with one attached hydrogen (secondary N) is 1. The molecule has 0 fully saturated rings. The highest BCUT2D eigenvalue weighted by atomic mass is 79.9. The number of halogens is 2. The second kappa shape index (κ2) is 4.88. The van der Waals surface area contributed by atoms with E-state index in [9.17, 15) is 4.79 Å². The monoisotopic (exact) mass is 351 g/mol. The fraction of sp³-hybridized carbons (Fsp3) is 0. The normalized spacial score (nSPS) is 10.9. The fourth-order valence-corrected chi connectivity index (χ4v) is 2.59. The third kappa shape index (κ3) is 2.28. The van der Waals surface area contributed by atoms with Gasteiger partial charge in [-0.25, -0.2) is 14.8 Å². The van der Waals surface area contributed by atoms with E-state index < -0.39 is 5.97 Å². The second-order valence-corrected chi connectivity index (χ2v) is 5.43. The number of benzene rings is 1. The molecule has 0 amide bonds. The second-order valence-electron chi connectivity index (χ2n) is 4.11. The molecule has 0 aliphatic carbocycles. The van der Waals surface area contributed by atoms with Gasteiger partial charge in [-0.05, 0) is 24.3 Å². The van der Waals surface area contributed by atoms with Crippen molar-refractivity contribution in [1.29, 1.82) is 0 Å². The first-order valence-corrected chi connectivity index (χ1v) is 6.76. The number of fused-ring (bicyclic) bond motifs is 1. The minimum atomic E-state index is -1.03. The first kappa shape index (κ1) is 13.1. The molecule has 7 heteroatoms. The van der Waals surface area contributed by atoms with Crippen LogP contribution in [0.5, 0.6) is 0 Å². The van der Waals surface area contributed by atoms with Crippen LogP contribution in [0.1, 0.15) is 10.4 Å². The Bertz CT molecular complexity index is 832. The predicted octanol–water partition coefficient (Wildman–Crippen LogP) is 3.74. The van der Waals surface area contributed by atoms with Crippen molar-refractivity contribution in [2.75, 3.05) is 0 Å². The minimum absolute atomic E-state index is 0.106. The summed E-state index contributed by atoms with van der Waals surface area (Å²) < 4.78 is 0.869. The van der Waals surface area contributed by atoms with Gasteiger partial charge in [0.1, 0.15) is 5.82 Å². The summed E-state index contributed by atoms with van der Waals surface area (Å²) in [6, 6.07) is 6.93. The van der Waals surface area contributed by atoms with E-state index in [0.29, 0.717) is 22.0 Å². The number of carboxylic acid groups (broad SMARTS) is 1. The third-order valence-electron chi connectivity index (χ3n) is 2.77. The summed E-state index contributed by atoms with van der Waals surface area (Å²) in [6.07, 6.45) is 1.28. The maximum Gasteiger partial charge on any atom is 0.337 e. The SMILES string of the molecule is O=C(O)c1cnc2nc(-c3ccc(Br)cc3Cl)[nH]c2c1. The maximum atomic E-state index is 10.9. The van der Waals surface area contributed by atoms with Crippen molar-refractivity contribution in [3.63, 3.8) is 0 Å². The highest BCUT2D eigenvalue weighted by molar-refractivity contribution is 9.10. The molecule has 0 saturated carbocycles. The smallest absolute Gasteiger partial charge is 0.337 e. The summed E-state index contributed by atoms with van der Waals surface area (Å²) in [5, 5.41) is 9.48. The van der Waals surface area contributed by atoms with Crippen molar-refractivity contribution in [1.82, 2.24) is 15.0 Å². The average Bonchev–Trinajstić information content (AvgIpc) is 2.80. The lowest BCUT2D eigenvalue weighted by molar-refractivity contribution is 0.0696. The topological polar surface area (TPSA) is 78.9 Å². The Balaban J connectivity index is 2.15. The Morgan fingerprint density at radius 3 is 2.85 bits per heavy atom. The van der Waals surface area contributed by atoms with E-state index in [1.54, 1.807) is 6.07 Å². The Morgan fingerprint density at radius 1 is 1.35 bits per heavy atom. The van der Waals surface area contributed by atoms with E-state index in [4.69, 9.17) is 16.7 Å². The number of imidazole rings is 1. The summed E-state index contributed by atoms with van der Waals surface area (Å²) in [4.78, 5) is 22.3. The molecule has 2 heterocycles.